The Bertz CT molecular complexity index is 280. The number of esters is 2. The van der Waals surface area contributed by atoms with Gasteiger partial charge in [-0.2, -0.15) is 0 Å². The summed E-state index contributed by atoms with van der Waals surface area (Å²) in [6.45, 7) is 9.54. The number of carbonyl (C=O) groups is 2. The van der Waals surface area contributed by atoms with Crippen LogP contribution in [0.5, 0.6) is 0 Å². The molecule has 0 heterocycles. The van der Waals surface area contributed by atoms with Gasteiger partial charge in [-0.05, 0) is 19.3 Å². The minimum absolute atomic E-state index is 0.114. The van der Waals surface area contributed by atoms with E-state index in [9.17, 15) is 9.59 Å². The van der Waals surface area contributed by atoms with Crippen LogP contribution in [-0.4, -0.2) is 25.2 Å². The third-order valence-electron chi connectivity index (χ3n) is 3.05. The van der Waals surface area contributed by atoms with Gasteiger partial charge in [0.2, 0.25) is 0 Å². The van der Waals surface area contributed by atoms with Crippen molar-refractivity contribution in [2.45, 2.75) is 46.5 Å². The topological polar surface area (TPSA) is 52.6 Å². The fourth-order valence-corrected chi connectivity index (χ4v) is 1.63. The lowest BCUT2D eigenvalue weighted by molar-refractivity contribution is -0.172. The fourth-order valence-electron chi connectivity index (χ4n) is 1.63. The third-order valence-corrected chi connectivity index (χ3v) is 3.05. The normalized spacial score (nSPS) is 10.8. The first-order valence-corrected chi connectivity index (χ1v) is 6.54. The molecular weight excluding hydrogens is 232 g/mol. The molecule has 0 aromatic heterocycles. The van der Waals surface area contributed by atoms with Crippen molar-refractivity contribution in [3.05, 3.63) is 12.7 Å². The maximum absolute atomic E-state index is 12.1. The Morgan fingerprint density at radius 2 is 1.67 bits per heavy atom. The highest BCUT2D eigenvalue weighted by atomic mass is 16.6. The summed E-state index contributed by atoms with van der Waals surface area (Å²) in [5.74, 6) is -0.996. The second-order valence-corrected chi connectivity index (χ2v) is 4.17. The van der Waals surface area contributed by atoms with Crippen LogP contribution in [-0.2, 0) is 19.1 Å². The Morgan fingerprint density at radius 1 is 1.11 bits per heavy atom. The first-order valence-electron chi connectivity index (χ1n) is 6.54. The Balaban J connectivity index is 4.72. The van der Waals surface area contributed by atoms with Crippen LogP contribution in [0.15, 0.2) is 12.7 Å². The van der Waals surface area contributed by atoms with Gasteiger partial charge in [-0.25, -0.2) is 0 Å². The molecule has 0 fully saturated rings. The van der Waals surface area contributed by atoms with Gasteiger partial charge < -0.3 is 9.47 Å². The van der Waals surface area contributed by atoms with Crippen molar-refractivity contribution >= 4 is 11.9 Å². The Kier molecular flexibility index (Phi) is 8.08. The Morgan fingerprint density at radius 3 is 2.11 bits per heavy atom. The molecule has 0 N–H and O–H groups in total. The Labute approximate surface area is 109 Å². The SMILES string of the molecule is C=CCOC(=O)C(CC)(CC)C(=O)OCCCC. The van der Waals surface area contributed by atoms with Crippen molar-refractivity contribution in [2.24, 2.45) is 5.41 Å². The molecule has 0 aliphatic carbocycles. The van der Waals surface area contributed by atoms with Crippen LogP contribution in [0.25, 0.3) is 0 Å². The predicted octanol–water partition coefficient (Wildman–Crippen LogP) is 2.87. The van der Waals surface area contributed by atoms with E-state index in [0.717, 1.165) is 12.8 Å². The van der Waals surface area contributed by atoms with E-state index in [1.54, 1.807) is 13.8 Å². The van der Waals surface area contributed by atoms with Crippen LogP contribution in [0.4, 0.5) is 0 Å². The zero-order valence-corrected chi connectivity index (χ0v) is 11.7. The van der Waals surface area contributed by atoms with E-state index in [4.69, 9.17) is 9.47 Å². The summed E-state index contributed by atoms with van der Waals surface area (Å²) in [5.41, 5.74) is -1.17. The molecule has 0 radical (unpaired) electrons. The standard InChI is InChI=1S/C14H24O4/c1-5-9-11-18-13(16)14(7-3,8-4)12(15)17-10-6-2/h6H,2,5,7-11H2,1,3-4H3. The minimum Gasteiger partial charge on any atom is -0.465 e. The van der Waals surface area contributed by atoms with E-state index in [-0.39, 0.29) is 6.61 Å². The lowest BCUT2D eigenvalue weighted by Gasteiger charge is -2.26. The molecule has 0 aromatic rings. The molecule has 0 aromatic carbocycles. The molecule has 0 bridgehead atoms. The zero-order chi connectivity index (χ0) is 14.0. The molecule has 0 aliphatic rings. The fraction of sp³-hybridized carbons (Fsp3) is 0.714. The van der Waals surface area contributed by atoms with Gasteiger partial charge in [0, 0.05) is 0 Å². The average Bonchev–Trinajstić information content (AvgIpc) is 2.38. The van der Waals surface area contributed by atoms with E-state index in [0.29, 0.717) is 19.4 Å². The summed E-state index contributed by atoms with van der Waals surface area (Å²) >= 11 is 0. The molecule has 0 saturated heterocycles. The van der Waals surface area contributed by atoms with E-state index in [1.807, 2.05) is 6.92 Å². The van der Waals surface area contributed by atoms with Gasteiger partial charge in [-0.1, -0.05) is 39.8 Å². The van der Waals surface area contributed by atoms with Crippen LogP contribution in [0.2, 0.25) is 0 Å². The summed E-state index contributed by atoms with van der Waals surface area (Å²) in [5, 5.41) is 0. The minimum atomic E-state index is -1.17. The van der Waals surface area contributed by atoms with E-state index < -0.39 is 17.4 Å². The lowest BCUT2D eigenvalue weighted by atomic mass is 9.82. The first-order chi connectivity index (χ1) is 8.58. The first kappa shape index (κ1) is 16.7. The monoisotopic (exact) mass is 256 g/mol. The van der Waals surface area contributed by atoms with Crippen molar-refractivity contribution in [1.29, 1.82) is 0 Å². The van der Waals surface area contributed by atoms with Gasteiger partial charge >= 0.3 is 11.9 Å². The van der Waals surface area contributed by atoms with Gasteiger partial charge in [-0.15, -0.1) is 0 Å². The molecule has 104 valence electrons. The molecule has 4 nitrogen and oxygen atoms in total. The maximum Gasteiger partial charge on any atom is 0.323 e. The molecule has 0 amide bonds. The Hall–Kier alpha value is -1.32. The number of unbranched alkanes of at least 4 members (excludes halogenated alkanes) is 1. The molecule has 0 saturated carbocycles. The zero-order valence-electron chi connectivity index (χ0n) is 11.7. The predicted molar refractivity (Wildman–Crippen MR) is 70.0 cm³/mol. The van der Waals surface area contributed by atoms with Crippen molar-refractivity contribution in [2.75, 3.05) is 13.2 Å². The quantitative estimate of drug-likeness (QED) is 0.275. The summed E-state index contributed by atoms with van der Waals surface area (Å²) in [7, 11) is 0. The van der Waals surface area contributed by atoms with Gasteiger partial charge in [0.15, 0.2) is 5.41 Å². The number of hydrogen-bond acceptors (Lipinski definition) is 4. The molecule has 18 heavy (non-hydrogen) atoms. The molecule has 0 rings (SSSR count). The average molecular weight is 256 g/mol. The van der Waals surface area contributed by atoms with Gasteiger partial charge in [0.05, 0.1) is 6.61 Å². The molecule has 0 atom stereocenters. The van der Waals surface area contributed by atoms with E-state index in [2.05, 4.69) is 6.58 Å². The molecular formula is C14H24O4. The molecule has 0 unspecified atom stereocenters. The largest absolute Gasteiger partial charge is 0.465 e. The third kappa shape index (κ3) is 4.17. The van der Waals surface area contributed by atoms with Crippen LogP contribution in [0.3, 0.4) is 0 Å². The number of rotatable bonds is 9. The van der Waals surface area contributed by atoms with Crippen molar-refractivity contribution < 1.29 is 19.1 Å². The van der Waals surface area contributed by atoms with E-state index >= 15 is 0 Å². The molecule has 0 spiro atoms. The maximum atomic E-state index is 12.1. The van der Waals surface area contributed by atoms with E-state index in [1.165, 1.54) is 6.08 Å². The van der Waals surface area contributed by atoms with Crippen LogP contribution < -0.4 is 0 Å². The second-order valence-electron chi connectivity index (χ2n) is 4.17. The van der Waals surface area contributed by atoms with Crippen molar-refractivity contribution in [3.8, 4) is 0 Å². The molecule has 0 aliphatic heterocycles. The summed E-state index contributed by atoms with van der Waals surface area (Å²) in [6.07, 6.45) is 3.99. The van der Waals surface area contributed by atoms with Crippen LogP contribution in [0.1, 0.15) is 46.5 Å². The number of hydrogen-bond donors (Lipinski definition) is 0. The summed E-state index contributed by atoms with van der Waals surface area (Å²) < 4.78 is 10.2. The smallest absolute Gasteiger partial charge is 0.323 e. The number of ether oxygens (including phenoxy) is 2. The van der Waals surface area contributed by atoms with Crippen molar-refractivity contribution in [3.63, 3.8) is 0 Å². The highest BCUT2D eigenvalue weighted by Crippen LogP contribution is 2.30. The highest BCUT2D eigenvalue weighted by molar-refractivity contribution is 6.00. The van der Waals surface area contributed by atoms with Gasteiger partial charge in [-0.3, -0.25) is 9.59 Å². The molecule has 4 heteroatoms. The number of carbonyl (C=O) groups excluding carboxylic acids is 2. The van der Waals surface area contributed by atoms with Gasteiger partial charge in [0.1, 0.15) is 6.61 Å². The van der Waals surface area contributed by atoms with Gasteiger partial charge in [0.25, 0.3) is 0 Å². The summed E-state index contributed by atoms with van der Waals surface area (Å²) in [6, 6.07) is 0. The highest BCUT2D eigenvalue weighted by Gasteiger charge is 2.45. The second kappa shape index (κ2) is 8.72. The summed E-state index contributed by atoms with van der Waals surface area (Å²) in [4.78, 5) is 24.0. The van der Waals surface area contributed by atoms with Crippen LogP contribution >= 0.6 is 0 Å². The lowest BCUT2D eigenvalue weighted by Crippen LogP contribution is -2.41. The van der Waals surface area contributed by atoms with Crippen molar-refractivity contribution in [1.82, 2.24) is 0 Å². The van der Waals surface area contributed by atoms with Crippen LogP contribution in [0, 0.1) is 5.41 Å².